The average Bonchev–Trinajstić information content (AvgIpc) is 2.38. The van der Waals surface area contributed by atoms with Crippen molar-refractivity contribution in [1.82, 2.24) is 10.2 Å². The molecule has 1 atom stereocenters. The number of piperazine rings is 1. The molecule has 0 spiro atoms. The van der Waals surface area contributed by atoms with E-state index in [4.69, 9.17) is 11.6 Å². The molecule has 0 radical (unpaired) electrons. The second kappa shape index (κ2) is 6.93. The van der Waals surface area contributed by atoms with Gasteiger partial charge in [-0.25, -0.2) is 0 Å². The third-order valence-electron chi connectivity index (χ3n) is 4.42. The van der Waals surface area contributed by atoms with Crippen LogP contribution in [0.5, 0.6) is 0 Å². The molecule has 1 saturated heterocycles. The van der Waals surface area contributed by atoms with Crippen LogP contribution in [0.1, 0.15) is 47.5 Å². The molecule has 1 N–H and O–H groups in total. The monoisotopic (exact) mass is 272 g/mol. The third kappa shape index (κ3) is 3.72. The molecule has 0 amide bonds. The molecular weight excluding hydrogens is 244 g/mol. The van der Waals surface area contributed by atoms with Crippen LogP contribution in [-0.2, 0) is 0 Å². The van der Waals surface area contributed by atoms with Gasteiger partial charge in [0, 0.05) is 36.8 Å². The Kier molecular flexibility index (Phi) is 6.16. The molecule has 0 aliphatic carbocycles. The van der Waals surface area contributed by atoms with Crippen LogP contribution in [0, 0.1) is 5.92 Å². The van der Waals surface area contributed by atoms with Gasteiger partial charge in [0.2, 0.25) is 0 Å². The van der Waals surface area contributed by atoms with Crippen LogP contribution in [0.2, 0.25) is 0 Å². The molecule has 0 bridgehead atoms. The molecule has 0 aromatic rings. The Balaban J connectivity index is 2.82. The van der Waals surface area contributed by atoms with Crippen LogP contribution in [0.3, 0.4) is 0 Å². The van der Waals surface area contributed by atoms with Gasteiger partial charge in [0.15, 0.2) is 0 Å². The van der Waals surface area contributed by atoms with E-state index in [1.165, 1.54) is 18.4 Å². The standard InChI is InChI=1S/C15H29ClN2/c1-6-15(7-2)11-18(10-13(5)8-16)14(9-17-15)12(3)4/h8,12,14,17H,6-7,9-11H2,1-5H3. The van der Waals surface area contributed by atoms with E-state index in [1.54, 1.807) is 5.54 Å². The average molecular weight is 273 g/mol. The molecule has 1 fully saturated rings. The Morgan fingerprint density at radius 2 is 2.06 bits per heavy atom. The number of nitrogens with one attached hydrogen (secondary N) is 1. The predicted molar refractivity (Wildman–Crippen MR) is 81.1 cm³/mol. The summed E-state index contributed by atoms with van der Waals surface area (Å²) in [5.41, 5.74) is 3.27. The van der Waals surface area contributed by atoms with Gasteiger partial charge in [-0.05, 0) is 31.3 Å². The van der Waals surface area contributed by atoms with Crippen molar-refractivity contribution < 1.29 is 0 Å². The Hall–Kier alpha value is -0.0500. The van der Waals surface area contributed by atoms with E-state index in [1.807, 2.05) is 0 Å². The van der Waals surface area contributed by atoms with E-state index < -0.39 is 0 Å². The third-order valence-corrected chi connectivity index (χ3v) is 4.80. The summed E-state index contributed by atoms with van der Waals surface area (Å²) in [5.74, 6) is 0.673. The molecule has 1 unspecified atom stereocenters. The normalized spacial score (nSPS) is 25.7. The summed E-state index contributed by atoms with van der Waals surface area (Å²) < 4.78 is 0. The topological polar surface area (TPSA) is 15.3 Å². The van der Waals surface area contributed by atoms with Crippen LogP contribution >= 0.6 is 11.6 Å². The summed E-state index contributed by atoms with van der Waals surface area (Å²) in [7, 11) is 0. The zero-order valence-electron chi connectivity index (χ0n) is 12.6. The first-order valence-electron chi connectivity index (χ1n) is 7.23. The van der Waals surface area contributed by atoms with E-state index in [-0.39, 0.29) is 5.54 Å². The number of nitrogens with zero attached hydrogens (tertiary/aromatic N) is 1. The minimum absolute atomic E-state index is 0.290. The van der Waals surface area contributed by atoms with Crippen molar-refractivity contribution in [2.24, 2.45) is 5.92 Å². The summed E-state index contributed by atoms with van der Waals surface area (Å²) in [4.78, 5) is 2.61. The molecule has 0 aromatic carbocycles. The lowest BCUT2D eigenvalue weighted by Crippen LogP contribution is -2.65. The van der Waals surface area contributed by atoms with Crippen LogP contribution in [0.25, 0.3) is 0 Å². The summed E-state index contributed by atoms with van der Waals surface area (Å²) >= 11 is 5.83. The highest BCUT2D eigenvalue weighted by molar-refractivity contribution is 6.25. The number of hydrogen-bond acceptors (Lipinski definition) is 2. The largest absolute Gasteiger partial charge is 0.308 e. The Morgan fingerprint density at radius 3 is 2.50 bits per heavy atom. The van der Waals surface area contributed by atoms with E-state index in [0.29, 0.717) is 12.0 Å². The van der Waals surface area contributed by atoms with Gasteiger partial charge in [-0.3, -0.25) is 4.90 Å². The zero-order valence-corrected chi connectivity index (χ0v) is 13.3. The highest BCUT2D eigenvalue weighted by Crippen LogP contribution is 2.26. The summed E-state index contributed by atoms with van der Waals surface area (Å²) in [6, 6.07) is 0.614. The van der Waals surface area contributed by atoms with Crippen molar-refractivity contribution in [3.8, 4) is 0 Å². The van der Waals surface area contributed by atoms with Crippen molar-refractivity contribution in [2.75, 3.05) is 19.6 Å². The van der Waals surface area contributed by atoms with Crippen molar-refractivity contribution in [2.45, 2.75) is 59.0 Å². The van der Waals surface area contributed by atoms with Crippen LogP contribution < -0.4 is 5.32 Å². The quantitative estimate of drug-likeness (QED) is 0.822. The van der Waals surface area contributed by atoms with Gasteiger partial charge in [-0.15, -0.1) is 0 Å². The van der Waals surface area contributed by atoms with Gasteiger partial charge >= 0.3 is 0 Å². The molecular formula is C15H29ClN2. The molecule has 3 heteroatoms. The van der Waals surface area contributed by atoms with Gasteiger partial charge in [0.25, 0.3) is 0 Å². The molecule has 1 rings (SSSR count). The first kappa shape index (κ1) is 16.0. The van der Waals surface area contributed by atoms with Gasteiger partial charge in [0.05, 0.1) is 0 Å². The number of halogens is 1. The smallest absolute Gasteiger partial charge is 0.0304 e. The highest BCUT2D eigenvalue weighted by atomic mass is 35.5. The zero-order chi connectivity index (χ0) is 13.8. The molecule has 1 aliphatic rings. The van der Waals surface area contributed by atoms with Crippen molar-refractivity contribution in [3.63, 3.8) is 0 Å². The molecule has 0 aromatic heterocycles. The van der Waals surface area contributed by atoms with Gasteiger partial charge in [0.1, 0.15) is 0 Å². The first-order chi connectivity index (χ1) is 8.48. The number of rotatable bonds is 5. The van der Waals surface area contributed by atoms with Crippen LogP contribution in [0.4, 0.5) is 0 Å². The fourth-order valence-corrected chi connectivity index (χ4v) is 2.99. The minimum Gasteiger partial charge on any atom is -0.308 e. The van der Waals surface area contributed by atoms with Gasteiger partial charge < -0.3 is 5.32 Å². The second-order valence-corrected chi connectivity index (χ2v) is 6.26. The Morgan fingerprint density at radius 1 is 1.44 bits per heavy atom. The van der Waals surface area contributed by atoms with E-state index in [9.17, 15) is 0 Å². The van der Waals surface area contributed by atoms with Gasteiger partial charge in [-0.2, -0.15) is 0 Å². The summed E-state index contributed by atoms with van der Waals surface area (Å²) in [6.45, 7) is 14.5. The van der Waals surface area contributed by atoms with Crippen LogP contribution in [-0.4, -0.2) is 36.1 Å². The summed E-state index contributed by atoms with van der Waals surface area (Å²) in [5, 5.41) is 3.79. The fourth-order valence-electron chi connectivity index (χ4n) is 2.92. The van der Waals surface area contributed by atoms with Crippen molar-refractivity contribution in [1.29, 1.82) is 0 Å². The predicted octanol–water partition coefficient (Wildman–Crippen LogP) is 3.62. The molecule has 1 aliphatic heterocycles. The minimum atomic E-state index is 0.290. The van der Waals surface area contributed by atoms with Crippen LogP contribution in [0.15, 0.2) is 11.1 Å². The van der Waals surface area contributed by atoms with E-state index >= 15 is 0 Å². The molecule has 0 saturated carbocycles. The number of hydrogen-bond donors (Lipinski definition) is 1. The van der Waals surface area contributed by atoms with E-state index in [0.717, 1.165) is 19.6 Å². The maximum atomic E-state index is 5.83. The first-order valence-corrected chi connectivity index (χ1v) is 7.66. The summed E-state index contributed by atoms with van der Waals surface area (Å²) in [6.07, 6.45) is 2.38. The lowest BCUT2D eigenvalue weighted by molar-refractivity contribution is 0.0582. The van der Waals surface area contributed by atoms with E-state index in [2.05, 4.69) is 44.8 Å². The van der Waals surface area contributed by atoms with Gasteiger partial charge in [-0.1, -0.05) is 39.3 Å². The van der Waals surface area contributed by atoms with Crippen molar-refractivity contribution >= 4 is 11.6 Å². The fraction of sp³-hybridized carbons (Fsp3) is 0.867. The molecule has 1 heterocycles. The lowest BCUT2D eigenvalue weighted by atomic mass is 9.86. The maximum absolute atomic E-state index is 5.83. The Bertz CT molecular complexity index is 282. The lowest BCUT2D eigenvalue weighted by Gasteiger charge is -2.49. The molecule has 18 heavy (non-hydrogen) atoms. The molecule has 2 nitrogen and oxygen atoms in total. The molecule has 106 valence electrons. The highest BCUT2D eigenvalue weighted by Gasteiger charge is 2.37. The SMILES string of the molecule is CCC1(CC)CN(CC(C)=CCl)C(C(C)C)CN1. The van der Waals surface area contributed by atoms with Crippen molar-refractivity contribution in [3.05, 3.63) is 11.1 Å². The second-order valence-electron chi connectivity index (χ2n) is 6.04. The maximum Gasteiger partial charge on any atom is 0.0304 e. The Labute approximate surface area is 118 Å².